The highest BCUT2D eigenvalue weighted by atomic mass is 16.5. The van der Waals surface area contributed by atoms with Crippen molar-refractivity contribution < 1.29 is 9.84 Å². The molecular formula is C32H37N3O2. The number of ether oxygens (including phenoxy) is 1. The third-order valence-corrected chi connectivity index (χ3v) is 6.97. The van der Waals surface area contributed by atoms with Crippen molar-refractivity contribution >= 4 is 0 Å². The average Bonchev–Trinajstić information content (AvgIpc) is 2.88. The van der Waals surface area contributed by atoms with E-state index in [-0.39, 0.29) is 5.75 Å². The highest BCUT2D eigenvalue weighted by molar-refractivity contribution is 5.64. The van der Waals surface area contributed by atoms with Gasteiger partial charge in [0.15, 0.2) is 11.6 Å². The molecule has 0 aliphatic carbocycles. The van der Waals surface area contributed by atoms with Gasteiger partial charge < -0.3 is 9.84 Å². The van der Waals surface area contributed by atoms with Crippen molar-refractivity contribution in [3.05, 3.63) is 89.2 Å². The van der Waals surface area contributed by atoms with Gasteiger partial charge in [-0.15, -0.1) is 0 Å². The summed E-state index contributed by atoms with van der Waals surface area (Å²) in [5, 5.41) is 10.8. The van der Waals surface area contributed by atoms with Crippen LogP contribution in [0.5, 0.6) is 11.5 Å². The molecule has 0 aliphatic heterocycles. The number of phenolic OH excluding ortho intramolecular Hbond substituents is 1. The highest BCUT2D eigenvalue weighted by Crippen LogP contribution is 2.39. The molecule has 0 fully saturated rings. The van der Waals surface area contributed by atoms with Gasteiger partial charge in [0, 0.05) is 28.2 Å². The summed E-state index contributed by atoms with van der Waals surface area (Å²) in [7, 11) is 0. The van der Waals surface area contributed by atoms with Crippen molar-refractivity contribution in [3.63, 3.8) is 0 Å². The summed E-state index contributed by atoms with van der Waals surface area (Å²) in [5.41, 5.74) is 5.83. The second-order valence-electron chi connectivity index (χ2n) is 10.2. The Morgan fingerprint density at radius 3 is 2.30 bits per heavy atom. The van der Waals surface area contributed by atoms with Crippen LogP contribution < -0.4 is 4.74 Å². The van der Waals surface area contributed by atoms with Gasteiger partial charge in [-0.2, -0.15) is 0 Å². The largest absolute Gasteiger partial charge is 0.507 e. The summed E-state index contributed by atoms with van der Waals surface area (Å²) in [5.74, 6) is 2.26. The number of aromatic hydroxyl groups is 1. The summed E-state index contributed by atoms with van der Waals surface area (Å²) in [6, 6.07) is 20.1. The lowest BCUT2D eigenvalue weighted by Crippen LogP contribution is -2.19. The third kappa shape index (κ3) is 6.16. The predicted octanol–water partition coefficient (Wildman–Crippen LogP) is 7.81. The first-order valence-corrected chi connectivity index (χ1v) is 13.1. The molecule has 5 nitrogen and oxygen atoms in total. The summed E-state index contributed by atoms with van der Waals surface area (Å²) >= 11 is 0. The topological polar surface area (TPSA) is 68.1 Å². The summed E-state index contributed by atoms with van der Waals surface area (Å²) < 4.78 is 5.85. The number of hydrogen-bond donors (Lipinski definition) is 1. The van der Waals surface area contributed by atoms with Gasteiger partial charge >= 0.3 is 0 Å². The highest BCUT2D eigenvalue weighted by Gasteiger charge is 2.26. The molecule has 0 aliphatic rings. The van der Waals surface area contributed by atoms with E-state index in [0.29, 0.717) is 24.0 Å². The molecule has 0 amide bonds. The van der Waals surface area contributed by atoms with Crippen molar-refractivity contribution in [2.24, 2.45) is 0 Å². The summed E-state index contributed by atoms with van der Waals surface area (Å²) in [6.45, 7) is 11.3. The minimum absolute atomic E-state index is 0.246. The Morgan fingerprint density at radius 1 is 0.838 bits per heavy atom. The maximum absolute atomic E-state index is 10.8. The number of nitrogens with zero attached hydrogens (tertiary/aromatic N) is 3. The maximum Gasteiger partial charge on any atom is 0.163 e. The van der Waals surface area contributed by atoms with E-state index < -0.39 is 5.41 Å². The molecular weight excluding hydrogens is 458 g/mol. The molecule has 0 saturated carbocycles. The van der Waals surface area contributed by atoms with Crippen LogP contribution in [0.3, 0.4) is 0 Å². The number of unbranched alkanes of at least 4 members (excludes halogenated alkanes) is 3. The minimum atomic E-state index is -0.397. The van der Waals surface area contributed by atoms with Gasteiger partial charge in [-0.05, 0) is 37.5 Å². The average molecular weight is 496 g/mol. The fraction of sp³-hybridized carbons (Fsp3) is 0.344. The Balaban J connectivity index is 1.52. The van der Waals surface area contributed by atoms with E-state index in [9.17, 15) is 5.11 Å². The zero-order chi connectivity index (χ0) is 26.4. The first kappa shape index (κ1) is 26.3. The Labute approximate surface area is 220 Å². The van der Waals surface area contributed by atoms with Crippen molar-refractivity contribution in [3.8, 4) is 34.3 Å². The number of hydrogen-bond acceptors (Lipinski definition) is 5. The van der Waals surface area contributed by atoms with Crippen LogP contribution in [-0.2, 0) is 5.41 Å². The fourth-order valence-corrected chi connectivity index (χ4v) is 4.67. The predicted molar refractivity (Wildman–Crippen MR) is 150 cm³/mol. The lowest BCUT2D eigenvalue weighted by molar-refractivity contribution is 0.303. The second-order valence-corrected chi connectivity index (χ2v) is 10.2. The molecule has 3 aromatic carbocycles. The van der Waals surface area contributed by atoms with Crippen LogP contribution in [0.15, 0.2) is 67.0 Å². The molecule has 0 bridgehead atoms. The van der Waals surface area contributed by atoms with Crippen LogP contribution in [0.1, 0.15) is 68.7 Å². The van der Waals surface area contributed by atoms with E-state index in [0.717, 1.165) is 34.2 Å². The standard InChI is InChI=1S/C32H37N3O2/c1-6-7-8-9-18-37-26-15-17-28(29(36)20-26)32(4,5)25-13-11-24(12-14-25)30-33-21-34-31(35-30)27-16-10-22(2)19-23(27)3/h10-17,19-21,36H,6-9,18H2,1-5H3. The zero-order valence-electron chi connectivity index (χ0n) is 22.6. The van der Waals surface area contributed by atoms with Gasteiger partial charge in [-0.25, -0.2) is 15.0 Å². The second kappa shape index (κ2) is 11.5. The van der Waals surface area contributed by atoms with E-state index in [2.05, 4.69) is 74.9 Å². The first-order valence-electron chi connectivity index (χ1n) is 13.1. The minimum Gasteiger partial charge on any atom is -0.507 e. The Bertz CT molecular complexity index is 1350. The lowest BCUT2D eigenvalue weighted by atomic mass is 9.77. The molecule has 0 spiro atoms. The molecule has 0 atom stereocenters. The van der Waals surface area contributed by atoms with Crippen LogP contribution in [-0.4, -0.2) is 26.7 Å². The Kier molecular flexibility index (Phi) is 8.22. The normalized spacial score (nSPS) is 11.5. The summed E-state index contributed by atoms with van der Waals surface area (Å²) in [6.07, 6.45) is 6.19. The SMILES string of the molecule is CCCCCCOc1ccc(C(C)(C)c2ccc(-c3ncnc(-c4ccc(C)cc4C)n3)cc2)c(O)c1. The third-order valence-electron chi connectivity index (χ3n) is 6.97. The van der Waals surface area contributed by atoms with Crippen molar-refractivity contribution in [2.75, 3.05) is 6.61 Å². The molecule has 0 unspecified atom stereocenters. The van der Waals surface area contributed by atoms with Crippen molar-refractivity contribution in [1.82, 2.24) is 15.0 Å². The number of phenols is 1. The van der Waals surface area contributed by atoms with Crippen LogP contribution in [0.2, 0.25) is 0 Å². The molecule has 5 heteroatoms. The molecule has 1 N–H and O–H groups in total. The van der Waals surface area contributed by atoms with E-state index >= 15 is 0 Å². The van der Waals surface area contributed by atoms with E-state index in [1.807, 2.05) is 24.3 Å². The molecule has 37 heavy (non-hydrogen) atoms. The zero-order valence-corrected chi connectivity index (χ0v) is 22.6. The smallest absolute Gasteiger partial charge is 0.163 e. The quantitative estimate of drug-likeness (QED) is 0.227. The van der Waals surface area contributed by atoms with E-state index in [4.69, 9.17) is 9.72 Å². The van der Waals surface area contributed by atoms with Crippen LogP contribution >= 0.6 is 0 Å². The van der Waals surface area contributed by atoms with Crippen LogP contribution in [0, 0.1) is 13.8 Å². The van der Waals surface area contributed by atoms with Crippen LogP contribution in [0.25, 0.3) is 22.8 Å². The maximum atomic E-state index is 10.8. The monoisotopic (exact) mass is 495 g/mol. The molecule has 192 valence electrons. The van der Waals surface area contributed by atoms with Gasteiger partial charge in [0.1, 0.15) is 17.8 Å². The van der Waals surface area contributed by atoms with Gasteiger partial charge in [-0.3, -0.25) is 0 Å². The number of aryl methyl sites for hydroxylation is 2. The van der Waals surface area contributed by atoms with E-state index in [1.54, 1.807) is 12.4 Å². The van der Waals surface area contributed by atoms with Gasteiger partial charge in [-0.1, -0.05) is 94.1 Å². The molecule has 1 heterocycles. The Hall–Kier alpha value is -3.73. The molecule has 4 rings (SSSR count). The van der Waals surface area contributed by atoms with Crippen molar-refractivity contribution in [1.29, 1.82) is 0 Å². The van der Waals surface area contributed by atoms with E-state index in [1.165, 1.54) is 24.8 Å². The first-order chi connectivity index (χ1) is 17.8. The molecule has 0 saturated heterocycles. The van der Waals surface area contributed by atoms with Gasteiger partial charge in [0.2, 0.25) is 0 Å². The number of benzene rings is 3. The van der Waals surface area contributed by atoms with Gasteiger partial charge in [0.05, 0.1) is 6.61 Å². The molecule has 4 aromatic rings. The molecule has 0 radical (unpaired) electrons. The molecule has 1 aromatic heterocycles. The van der Waals surface area contributed by atoms with Crippen molar-refractivity contribution in [2.45, 2.75) is 65.7 Å². The number of rotatable bonds is 10. The Morgan fingerprint density at radius 2 is 1.59 bits per heavy atom. The number of aromatic nitrogens is 3. The van der Waals surface area contributed by atoms with Crippen LogP contribution in [0.4, 0.5) is 0 Å². The fourth-order valence-electron chi connectivity index (χ4n) is 4.67. The van der Waals surface area contributed by atoms with Gasteiger partial charge in [0.25, 0.3) is 0 Å². The lowest BCUT2D eigenvalue weighted by Gasteiger charge is -2.27. The summed E-state index contributed by atoms with van der Waals surface area (Å²) in [4.78, 5) is 13.6.